The van der Waals surface area contributed by atoms with Gasteiger partial charge in [-0.3, -0.25) is 4.79 Å². The number of nitrogens with zero attached hydrogens (tertiary/aromatic N) is 3. The van der Waals surface area contributed by atoms with E-state index in [1.165, 1.54) is 4.31 Å². The molecule has 0 bridgehead atoms. The molecule has 1 aliphatic heterocycles. The number of thiophene rings is 1. The number of halogens is 1. The van der Waals surface area contributed by atoms with Gasteiger partial charge in [-0.05, 0) is 37.1 Å². The summed E-state index contributed by atoms with van der Waals surface area (Å²) in [6, 6.07) is 8.41. The van der Waals surface area contributed by atoms with Gasteiger partial charge in [0.25, 0.3) is 10.0 Å². The molecule has 2 aromatic heterocycles. The van der Waals surface area contributed by atoms with Crippen LogP contribution in [0.3, 0.4) is 0 Å². The number of nitrogens with one attached hydrogen (secondary N) is 1. The Balaban J connectivity index is 1.48. The van der Waals surface area contributed by atoms with Gasteiger partial charge in [0.05, 0.1) is 5.92 Å². The average Bonchev–Trinajstić information content (AvgIpc) is 3.37. The second kappa shape index (κ2) is 8.46. The number of anilines is 1. The summed E-state index contributed by atoms with van der Waals surface area (Å²) in [4.78, 5) is 16.8. The number of sulfonamides is 1. The highest BCUT2D eigenvalue weighted by molar-refractivity contribution is 7.91. The first-order valence-electron chi connectivity index (χ1n) is 9.29. The summed E-state index contributed by atoms with van der Waals surface area (Å²) < 4.78 is 32.8. The largest absolute Gasteiger partial charge is 0.339 e. The summed E-state index contributed by atoms with van der Waals surface area (Å²) in [5.41, 5.74) is 1.17. The van der Waals surface area contributed by atoms with Crippen LogP contribution < -0.4 is 5.32 Å². The van der Waals surface area contributed by atoms with Gasteiger partial charge >= 0.3 is 0 Å². The van der Waals surface area contributed by atoms with Crippen molar-refractivity contribution >= 4 is 44.6 Å². The molecule has 0 radical (unpaired) electrons. The van der Waals surface area contributed by atoms with Gasteiger partial charge in [0.15, 0.2) is 0 Å². The van der Waals surface area contributed by atoms with E-state index in [1.807, 2.05) is 0 Å². The normalized spacial score (nSPS) is 17.7. The van der Waals surface area contributed by atoms with Gasteiger partial charge in [-0.25, -0.2) is 8.42 Å². The van der Waals surface area contributed by atoms with Crippen molar-refractivity contribution in [3.63, 3.8) is 0 Å². The molecular formula is C19H19ClN4O4S2. The van der Waals surface area contributed by atoms with E-state index in [1.54, 1.807) is 42.6 Å². The van der Waals surface area contributed by atoms with E-state index < -0.39 is 15.9 Å². The number of hydrogen-bond donors (Lipinski definition) is 1. The summed E-state index contributed by atoms with van der Waals surface area (Å²) in [7, 11) is -3.72. The van der Waals surface area contributed by atoms with Gasteiger partial charge in [0, 0.05) is 41.7 Å². The number of aryl methyl sites for hydroxylation is 1. The number of rotatable bonds is 5. The summed E-state index contributed by atoms with van der Waals surface area (Å²) in [6.07, 6.45) is 1.23. The van der Waals surface area contributed by atoms with Crippen LogP contribution in [-0.2, 0) is 14.8 Å². The maximum atomic E-state index is 13.1. The molecule has 1 unspecified atom stereocenters. The Morgan fingerprint density at radius 3 is 2.93 bits per heavy atom. The van der Waals surface area contributed by atoms with Crippen LogP contribution in [0.4, 0.5) is 5.69 Å². The zero-order valence-corrected chi connectivity index (χ0v) is 18.4. The fraction of sp³-hybridized carbons (Fsp3) is 0.316. The molecule has 11 heteroatoms. The minimum absolute atomic E-state index is 0.128. The summed E-state index contributed by atoms with van der Waals surface area (Å²) >= 11 is 7.06. The Kier molecular flexibility index (Phi) is 5.92. The van der Waals surface area contributed by atoms with Crippen molar-refractivity contribution in [3.05, 3.63) is 46.6 Å². The maximum Gasteiger partial charge on any atom is 0.252 e. The highest BCUT2D eigenvalue weighted by Crippen LogP contribution is 2.31. The number of carbonyl (C=O) groups excluding carboxylic acids is 1. The Morgan fingerprint density at radius 1 is 1.37 bits per heavy atom. The van der Waals surface area contributed by atoms with Crippen LogP contribution in [-0.4, -0.2) is 41.9 Å². The predicted octanol–water partition coefficient (Wildman–Crippen LogP) is 3.80. The number of carbonyl (C=O) groups is 1. The van der Waals surface area contributed by atoms with Crippen molar-refractivity contribution in [2.45, 2.75) is 24.0 Å². The monoisotopic (exact) mass is 466 g/mol. The van der Waals surface area contributed by atoms with E-state index in [-0.39, 0.29) is 16.7 Å². The summed E-state index contributed by atoms with van der Waals surface area (Å²) in [5, 5.41) is 8.85. The second-order valence-electron chi connectivity index (χ2n) is 6.99. The third-order valence-corrected chi connectivity index (χ3v) is 8.32. The van der Waals surface area contributed by atoms with E-state index in [2.05, 4.69) is 15.5 Å². The molecule has 0 aliphatic carbocycles. The summed E-state index contributed by atoms with van der Waals surface area (Å²) in [6.45, 7) is 2.17. The van der Waals surface area contributed by atoms with E-state index >= 15 is 0 Å². The first kappa shape index (κ1) is 21.0. The molecule has 0 saturated carbocycles. The molecular weight excluding hydrogens is 448 g/mol. The fourth-order valence-electron chi connectivity index (χ4n) is 3.30. The fourth-order valence-corrected chi connectivity index (χ4v) is 6.32. The van der Waals surface area contributed by atoms with Crippen molar-refractivity contribution in [3.8, 4) is 11.4 Å². The van der Waals surface area contributed by atoms with Crippen molar-refractivity contribution in [2.24, 2.45) is 5.92 Å². The van der Waals surface area contributed by atoms with Gasteiger partial charge in [0.1, 0.15) is 4.21 Å². The van der Waals surface area contributed by atoms with Crippen LogP contribution >= 0.6 is 22.9 Å². The average molecular weight is 467 g/mol. The van der Waals surface area contributed by atoms with Gasteiger partial charge in [0.2, 0.25) is 17.6 Å². The SMILES string of the molecule is Cc1nc(-c2csc(S(=O)(=O)N3CCCC(C(=O)Nc4cccc(Cl)c4)C3)c2)no1. The first-order chi connectivity index (χ1) is 14.3. The quantitative estimate of drug-likeness (QED) is 0.613. The second-order valence-corrected chi connectivity index (χ2v) is 10.5. The molecule has 1 fully saturated rings. The molecule has 1 aromatic carbocycles. The molecule has 158 valence electrons. The molecule has 1 amide bonds. The molecule has 3 heterocycles. The molecule has 1 aliphatic rings. The Bertz CT molecular complexity index is 1170. The lowest BCUT2D eigenvalue weighted by Crippen LogP contribution is -2.43. The molecule has 3 aromatic rings. The molecule has 8 nitrogen and oxygen atoms in total. The van der Waals surface area contributed by atoms with E-state index in [0.29, 0.717) is 47.4 Å². The maximum absolute atomic E-state index is 13.1. The van der Waals surface area contributed by atoms with Crippen LogP contribution in [0.25, 0.3) is 11.4 Å². The van der Waals surface area contributed by atoms with Crippen LogP contribution in [0.15, 0.2) is 44.4 Å². The van der Waals surface area contributed by atoms with Crippen molar-refractivity contribution in [2.75, 3.05) is 18.4 Å². The minimum Gasteiger partial charge on any atom is -0.339 e. The number of aromatic nitrogens is 2. The zero-order chi connectivity index (χ0) is 21.3. The Labute approximate surface area is 182 Å². The van der Waals surface area contributed by atoms with E-state index in [0.717, 1.165) is 11.3 Å². The lowest BCUT2D eigenvalue weighted by molar-refractivity contribution is -0.120. The Morgan fingerprint density at radius 2 is 2.20 bits per heavy atom. The lowest BCUT2D eigenvalue weighted by Gasteiger charge is -2.30. The van der Waals surface area contributed by atoms with Gasteiger partial charge in [-0.15, -0.1) is 11.3 Å². The van der Waals surface area contributed by atoms with E-state index in [9.17, 15) is 13.2 Å². The molecule has 1 N–H and O–H groups in total. The molecule has 1 saturated heterocycles. The van der Waals surface area contributed by atoms with Crippen LogP contribution in [0.2, 0.25) is 5.02 Å². The van der Waals surface area contributed by atoms with Crippen LogP contribution in [0.5, 0.6) is 0 Å². The summed E-state index contributed by atoms with van der Waals surface area (Å²) in [5.74, 6) is 0.103. The first-order valence-corrected chi connectivity index (χ1v) is 12.0. The van der Waals surface area contributed by atoms with Crippen molar-refractivity contribution in [1.82, 2.24) is 14.4 Å². The standard InChI is InChI=1S/C19H19ClN4O4S2/c1-12-21-18(23-28-12)14-8-17(29-11-14)30(26,27)24-7-3-4-13(10-24)19(25)22-16-6-2-5-15(20)9-16/h2,5-6,8-9,11,13H,3-4,7,10H2,1H3,(H,22,25). The minimum atomic E-state index is -3.72. The third-order valence-electron chi connectivity index (χ3n) is 4.80. The highest BCUT2D eigenvalue weighted by atomic mass is 35.5. The predicted molar refractivity (Wildman–Crippen MR) is 114 cm³/mol. The van der Waals surface area contributed by atoms with Gasteiger partial charge < -0.3 is 9.84 Å². The lowest BCUT2D eigenvalue weighted by atomic mass is 9.99. The Hall–Kier alpha value is -2.27. The smallest absolute Gasteiger partial charge is 0.252 e. The number of piperidine rings is 1. The van der Waals surface area contributed by atoms with Crippen LogP contribution in [0.1, 0.15) is 18.7 Å². The molecule has 0 spiro atoms. The van der Waals surface area contributed by atoms with Crippen LogP contribution in [0, 0.1) is 12.8 Å². The molecule has 1 atom stereocenters. The number of amides is 1. The van der Waals surface area contributed by atoms with E-state index in [4.69, 9.17) is 16.1 Å². The van der Waals surface area contributed by atoms with Gasteiger partial charge in [-0.1, -0.05) is 22.8 Å². The zero-order valence-electron chi connectivity index (χ0n) is 16.0. The van der Waals surface area contributed by atoms with Crippen molar-refractivity contribution < 1.29 is 17.7 Å². The van der Waals surface area contributed by atoms with Crippen molar-refractivity contribution in [1.29, 1.82) is 0 Å². The molecule has 4 rings (SSSR count). The molecule has 30 heavy (non-hydrogen) atoms. The van der Waals surface area contributed by atoms with Gasteiger partial charge in [-0.2, -0.15) is 9.29 Å². The topological polar surface area (TPSA) is 105 Å². The number of hydrogen-bond acceptors (Lipinski definition) is 7. The highest BCUT2D eigenvalue weighted by Gasteiger charge is 2.34. The number of benzene rings is 1. The third kappa shape index (κ3) is 4.41.